The summed E-state index contributed by atoms with van der Waals surface area (Å²) in [5, 5.41) is 10.4. The Labute approximate surface area is 285 Å². The Morgan fingerprint density at radius 2 is 1.73 bits per heavy atom. The van der Waals surface area contributed by atoms with Crippen molar-refractivity contribution in [2.75, 3.05) is 37.7 Å². The van der Waals surface area contributed by atoms with Crippen molar-refractivity contribution in [3.8, 4) is 17.1 Å². The van der Waals surface area contributed by atoms with E-state index >= 15 is 0 Å². The van der Waals surface area contributed by atoms with Crippen molar-refractivity contribution in [1.82, 2.24) is 29.7 Å². The van der Waals surface area contributed by atoms with Crippen molar-refractivity contribution in [2.24, 2.45) is 0 Å². The van der Waals surface area contributed by atoms with E-state index in [1.807, 2.05) is 30.3 Å². The Balaban J connectivity index is 1.31. The summed E-state index contributed by atoms with van der Waals surface area (Å²) in [6, 6.07) is 20.4. The van der Waals surface area contributed by atoms with E-state index < -0.39 is 28.5 Å². The van der Waals surface area contributed by atoms with Gasteiger partial charge in [0.05, 0.1) is 24.0 Å². The largest absolute Gasteiger partial charge is 0.492 e. The van der Waals surface area contributed by atoms with Gasteiger partial charge < -0.3 is 20.3 Å². The molecule has 49 heavy (non-hydrogen) atoms. The van der Waals surface area contributed by atoms with Crippen LogP contribution < -0.4 is 20.3 Å². The molecule has 0 saturated heterocycles. The number of rotatable bonds is 3. The SMILES string of the molecule is CC(=O)N1CCCc2cc(S(=O)(=O)N3CCCNC(=O)c4cccc(c4)OCCn4nc(-c5ccccc5)nc4[C@H](C)NC(=O)C3)ccc21. The summed E-state index contributed by atoms with van der Waals surface area (Å²) in [7, 11) is -4.16. The van der Waals surface area contributed by atoms with Crippen LogP contribution in [0.2, 0.25) is 0 Å². The first-order chi connectivity index (χ1) is 23.6. The summed E-state index contributed by atoms with van der Waals surface area (Å²) in [5.41, 5.74) is 2.65. The van der Waals surface area contributed by atoms with Crippen LogP contribution in [0.4, 0.5) is 5.69 Å². The molecule has 2 aliphatic heterocycles. The van der Waals surface area contributed by atoms with Crippen molar-refractivity contribution < 1.29 is 27.5 Å². The Morgan fingerprint density at radius 1 is 0.939 bits per heavy atom. The van der Waals surface area contributed by atoms with Crippen LogP contribution in [0.25, 0.3) is 11.4 Å². The minimum Gasteiger partial charge on any atom is -0.492 e. The molecule has 14 heteroatoms. The maximum Gasteiger partial charge on any atom is 0.251 e. The molecule has 0 saturated carbocycles. The first-order valence-corrected chi connectivity index (χ1v) is 17.8. The lowest BCUT2D eigenvalue weighted by Gasteiger charge is -2.29. The number of aromatic nitrogens is 3. The molecule has 0 aliphatic carbocycles. The molecule has 6 rings (SSSR count). The number of nitrogens with one attached hydrogen (secondary N) is 2. The first-order valence-electron chi connectivity index (χ1n) is 16.3. The molecule has 4 aromatic rings. The monoisotopic (exact) mass is 685 g/mol. The van der Waals surface area contributed by atoms with Crippen LogP contribution in [0.5, 0.6) is 5.75 Å². The van der Waals surface area contributed by atoms with E-state index in [4.69, 9.17) is 14.8 Å². The van der Waals surface area contributed by atoms with E-state index in [0.29, 0.717) is 54.6 Å². The topological polar surface area (TPSA) is 156 Å². The van der Waals surface area contributed by atoms with E-state index in [1.54, 1.807) is 52.9 Å². The van der Waals surface area contributed by atoms with E-state index in [1.165, 1.54) is 13.0 Å². The fourth-order valence-electron chi connectivity index (χ4n) is 6.09. The zero-order valence-electron chi connectivity index (χ0n) is 27.5. The summed E-state index contributed by atoms with van der Waals surface area (Å²) >= 11 is 0. The standard InChI is InChI=1S/C35H39N7O6S/c1-24-34-38-33(26-9-4-3-5-10-26)39-42(34)19-20-48-29-13-6-11-28(21-29)35(45)36-16-8-17-40(23-32(44)37-24)49(46,47)30-14-15-31-27(22-30)12-7-18-41(31)25(2)43/h3-6,9-11,13-15,21-22,24H,7-8,12,16-20,23H2,1-2H3,(H,36,45)(H,37,44)/t24-/m0/s1. The number of carbonyl (C=O) groups excluding carboxylic acids is 3. The molecule has 13 nitrogen and oxygen atoms in total. The van der Waals surface area contributed by atoms with Gasteiger partial charge in [0, 0.05) is 43.4 Å². The minimum absolute atomic E-state index is 0.0292. The zero-order valence-corrected chi connectivity index (χ0v) is 28.3. The Kier molecular flexibility index (Phi) is 10.1. The lowest BCUT2D eigenvalue weighted by molar-refractivity contribution is -0.122. The number of hydrogen-bond acceptors (Lipinski definition) is 8. The van der Waals surface area contributed by atoms with Gasteiger partial charge in [-0.25, -0.2) is 18.1 Å². The third-order valence-electron chi connectivity index (χ3n) is 8.54. The summed E-state index contributed by atoms with van der Waals surface area (Å²) in [4.78, 5) is 45.1. The Bertz CT molecular complexity index is 1960. The maximum atomic E-state index is 14.1. The highest BCUT2D eigenvalue weighted by Crippen LogP contribution is 2.31. The van der Waals surface area contributed by atoms with Crippen molar-refractivity contribution in [3.63, 3.8) is 0 Å². The second kappa shape index (κ2) is 14.6. The normalized spacial score (nSPS) is 18.2. The van der Waals surface area contributed by atoms with E-state index in [2.05, 4.69) is 10.6 Å². The number of benzene rings is 3. The van der Waals surface area contributed by atoms with Crippen molar-refractivity contribution in [1.29, 1.82) is 0 Å². The molecule has 2 N–H and O–H groups in total. The molecule has 0 radical (unpaired) electrons. The van der Waals surface area contributed by atoms with Gasteiger partial charge in [0.15, 0.2) is 5.82 Å². The number of nitrogens with zero attached hydrogens (tertiary/aromatic N) is 5. The van der Waals surface area contributed by atoms with Crippen LogP contribution in [-0.2, 0) is 32.6 Å². The van der Waals surface area contributed by atoms with Crippen molar-refractivity contribution in [2.45, 2.75) is 50.6 Å². The van der Waals surface area contributed by atoms with Crippen LogP contribution in [0, 0.1) is 0 Å². The number of aryl methyl sites for hydroxylation is 1. The van der Waals surface area contributed by atoms with Crippen LogP contribution in [-0.4, -0.2) is 78.0 Å². The molecule has 0 spiro atoms. The second-order valence-corrected chi connectivity index (χ2v) is 14.0. The van der Waals surface area contributed by atoms with E-state index in [9.17, 15) is 22.8 Å². The molecule has 3 heterocycles. The summed E-state index contributed by atoms with van der Waals surface area (Å²) in [5.74, 6) is 0.495. The highest BCUT2D eigenvalue weighted by Gasteiger charge is 2.30. The molecule has 1 aromatic heterocycles. The van der Waals surface area contributed by atoms with Gasteiger partial charge in [0.25, 0.3) is 5.91 Å². The lowest BCUT2D eigenvalue weighted by Crippen LogP contribution is -2.43. The van der Waals surface area contributed by atoms with E-state index in [0.717, 1.165) is 15.4 Å². The predicted molar refractivity (Wildman–Crippen MR) is 182 cm³/mol. The molecule has 3 amide bonds. The van der Waals surface area contributed by atoms with E-state index in [-0.39, 0.29) is 42.8 Å². The molecule has 1 atom stereocenters. The molecule has 3 aromatic carbocycles. The van der Waals surface area contributed by atoms with Gasteiger partial charge in [-0.3, -0.25) is 14.4 Å². The summed E-state index contributed by atoms with van der Waals surface area (Å²) in [6.45, 7) is 4.04. The van der Waals surface area contributed by atoms with Crippen LogP contribution in [0.3, 0.4) is 0 Å². The number of hydrogen-bond donors (Lipinski definition) is 2. The van der Waals surface area contributed by atoms with Gasteiger partial charge in [0.2, 0.25) is 21.8 Å². The molecule has 256 valence electrons. The number of ether oxygens (including phenoxy) is 1. The molecule has 2 bridgehead atoms. The summed E-state index contributed by atoms with van der Waals surface area (Å²) in [6.07, 6.45) is 1.59. The molecule has 0 fully saturated rings. The Hall–Kier alpha value is -5.08. The fourth-order valence-corrected chi connectivity index (χ4v) is 7.58. The molecule has 2 aliphatic rings. The van der Waals surface area contributed by atoms with Gasteiger partial charge >= 0.3 is 0 Å². The predicted octanol–water partition coefficient (Wildman–Crippen LogP) is 3.32. The van der Waals surface area contributed by atoms with Gasteiger partial charge in [0.1, 0.15) is 18.2 Å². The number of anilines is 1. The van der Waals surface area contributed by atoms with Crippen molar-refractivity contribution in [3.05, 3.63) is 89.7 Å². The zero-order chi connectivity index (χ0) is 34.5. The molecular weight excluding hydrogens is 646 g/mol. The average Bonchev–Trinajstić information content (AvgIpc) is 3.53. The van der Waals surface area contributed by atoms with Gasteiger partial charge in [-0.05, 0) is 68.1 Å². The highest BCUT2D eigenvalue weighted by atomic mass is 32.2. The first kappa shape index (κ1) is 33.8. The Morgan fingerprint density at radius 3 is 2.53 bits per heavy atom. The smallest absolute Gasteiger partial charge is 0.251 e. The second-order valence-electron chi connectivity index (χ2n) is 12.1. The van der Waals surface area contributed by atoms with Gasteiger partial charge in [-0.2, -0.15) is 9.40 Å². The molecule has 0 unspecified atom stereocenters. The fraction of sp³-hybridized carbons (Fsp3) is 0.343. The van der Waals surface area contributed by atoms with Crippen LogP contribution in [0.1, 0.15) is 54.5 Å². The van der Waals surface area contributed by atoms with Gasteiger partial charge in [-0.15, -0.1) is 0 Å². The third kappa shape index (κ3) is 7.65. The lowest BCUT2D eigenvalue weighted by atomic mass is 10.0. The van der Waals surface area contributed by atoms with Crippen LogP contribution in [0.15, 0.2) is 77.7 Å². The molecular formula is C35H39N7O6S. The number of fused-ring (bicyclic) bond motifs is 4. The average molecular weight is 686 g/mol. The summed E-state index contributed by atoms with van der Waals surface area (Å²) < 4.78 is 37.0. The third-order valence-corrected chi connectivity index (χ3v) is 10.4. The number of carbonyl (C=O) groups is 3. The maximum absolute atomic E-state index is 14.1. The highest BCUT2D eigenvalue weighted by molar-refractivity contribution is 7.89. The minimum atomic E-state index is -4.16. The quantitative estimate of drug-likeness (QED) is 0.333. The number of amides is 3. The van der Waals surface area contributed by atoms with Crippen LogP contribution >= 0.6 is 0 Å². The number of sulfonamides is 1. The van der Waals surface area contributed by atoms with Gasteiger partial charge in [-0.1, -0.05) is 36.4 Å². The van der Waals surface area contributed by atoms with Crippen molar-refractivity contribution >= 4 is 33.4 Å².